The Balaban J connectivity index is 3.05. The quantitative estimate of drug-likeness (QED) is 0.588. The first-order valence-corrected chi connectivity index (χ1v) is 6.16. The summed E-state index contributed by atoms with van der Waals surface area (Å²) in [4.78, 5) is 21.4. The highest BCUT2D eigenvalue weighted by Gasteiger charge is 2.22. The first kappa shape index (κ1) is 15.7. The van der Waals surface area contributed by atoms with Gasteiger partial charge in [0.05, 0.1) is 24.5 Å². The van der Waals surface area contributed by atoms with Crippen LogP contribution < -0.4 is 10.1 Å². The van der Waals surface area contributed by atoms with Gasteiger partial charge in [-0.15, -0.1) is 0 Å². The van der Waals surface area contributed by atoms with Gasteiger partial charge in [-0.3, -0.25) is 14.9 Å². The Hall–Kier alpha value is -2.31. The van der Waals surface area contributed by atoms with Crippen molar-refractivity contribution in [2.24, 2.45) is 5.92 Å². The van der Waals surface area contributed by atoms with Crippen LogP contribution in [0.25, 0.3) is 0 Å². The van der Waals surface area contributed by atoms with E-state index >= 15 is 0 Å². The third-order valence-corrected chi connectivity index (χ3v) is 2.94. The van der Waals surface area contributed by atoms with E-state index in [1.807, 2.05) is 13.8 Å². The van der Waals surface area contributed by atoms with Crippen LogP contribution in [0.4, 0.5) is 11.4 Å². The van der Waals surface area contributed by atoms with Crippen LogP contribution in [0.1, 0.15) is 20.3 Å². The molecule has 0 aliphatic heterocycles. The number of nitro groups is 1. The molecule has 0 radical (unpaired) electrons. The monoisotopic (exact) mass is 282 g/mol. The molecule has 7 nitrogen and oxygen atoms in total. The molecule has 0 heterocycles. The lowest BCUT2D eigenvalue weighted by molar-refractivity contribution is -0.384. The number of hydrogen-bond acceptors (Lipinski definition) is 5. The van der Waals surface area contributed by atoms with Gasteiger partial charge in [0.15, 0.2) is 0 Å². The molecule has 0 fully saturated rings. The molecule has 0 aromatic heterocycles. The Morgan fingerprint density at radius 3 is 2.60 bits per heavy atom. The number of nitrogens with zero attached hydrogens (tertiary/aromatic N) is 1. The Morgan fingerprint density at radius 2 is 2.15 bits per heavy atom. The second kappa shape index (κ2) is 6.74. The average Bonchev–Trinajstić information content (AvgIpc) is 2.37. The number of methoxy groups -OCH3 is 1. The third-order valence-electron chi connectivity index (χ3n) is 2.94. The first-order valence-electron chi connectivity index (χ1n) is 6.16. The zero-order valence-corrected chi connectivity index (χ0v) is 11.6. The molecule has 1 atom stereocenters. The Kier molecular flexibility index (Phi) is 5.31. The van der Waals surface area contributed by atoms with Gasteiger partial charge in [-0.05, 0) is 18.1 Å². The van der Waals surface area contributed by atoms with E-state index in [0.29, 0.717) is 5.75 Å². The largest absolute Gasteiger partial charge is 0.496 e. The van der Waals surface area contributed by atoms with Crippen LogP contribution in [0.3, 0.4) is 0 Å². The number of carbonyl (C=O) groups is 1. The predicted molar refractivity (Wildman–Crippen MR) is 74.1 cm³/mol. The van der Waals surface area contributed by atoms with Crippen LogP contribution >= 0.6 is 0 Å². The molecule has 1 aromatic rings. The number of aliphatic carboxylic acids is 1. The third kappa shape index (κ3) is 4.11. The van der Waals surface area contributed by atoms with Crippen molar-refractivity contribution in [3.8, 4) is 5.75 Å². The lowest BCUT2D eigenvalue weighted by Crippen LogP contribution is -2.28. The fourth-order valence-corrected chi connectivity index (χ4v) is 1.75. The van der Waals surface area contributed by atoms with Gasteiger partial charge in [0.1, 0.15) is 11.4 Å². The highest BCUT2D eigenvalue weighted by molar-refractivity contribution is 5.70. The molecule has 0 saturated carbocycles. The Bertz CT molecular complexity index is 502. The Labute approximate surface area is 116 Å². The number of hydrogen-bond donors (Lipinski definition) is 2. The summed E-state index contributed by atoms with van der Waals surface area (Å²) in [5.74, 6) is -0.554. The number of carboxylic acid groups (broad SMARTS) is 1. The minimum Gasteiger partial charge on any atom is -0.496 e. The highest BCUT2D eigenvalue weighted by atomic mass is 16.6. The van der Waals surface area contributed by atoms with E-state index < -0.39 is 10.9 Å². The van der Waals surface area contributed by atoms with Crippen molar-refractivity contribution in [1.82, 2.24) is 0 Å². The highest BCUT2D eigenvalue weighted by Crippen LogP contribution is 2.30. The minimum absolute atomic E-state index is 0.0211. The summed E-state index contributed by atoms with van der Waals surface area (Å²) in [6.45, 7) is 3.71. The Morgan fingerprint density at radius 1 is 1.50 bits per heavy atom. The SMILES string of the molecule is COc1ccc(NC(CC(=O)O)C(C)C)c([N+](=O)[O-])c1. The normalized spacial score (nSPS) is 12.0. The van der Waals surface area contributed by atoms with Crippen LogP contribution in [0.5, 0.6) is 5.75 Å². The van der Waals surface area contributed by atoms with Crippen LogP contribution in [-0.4, -0.2) is 29.2 Å². The number of nitro benzene ring substituents is 1. The molecule has 2 N–H and O–H groups in total. The maximum absolute atomic E-state index is 11.1. The lowest BCUT2D eigenvalue weighted by atomic mass is 10.0. The predicted octanol–water partition coefficient (Wildman–Crippen LogP) is 2.51. The molecule has 0 bridgehead atoms. The molecule has 1 unspecified atom stereocenters. The molecular weight excluding hydrogens is 264 g/mol. The summed E-state index contributed by atoms with van der Waals surface area (Å²) >= 11 is 0. The van der Waals surface area contributed by atoms with Crippen LogP contribution in [0, 0.1) is 16.0 Å². The molecule has 7 heteroatoms. The number of nitrogens with one attached hydrogen (secondary N) is 1. The van der Waals surface area contributed by atoms with Crippen molar-refractivity contribution in [3.05, 3.63) is 28.3 Å². The van der Waals surface area contributed by atoms with Gasteiger partial charge in [0.2, 0.25) is 0 Å². The lowest BCUT2D eigenvalue weighted by Gasteiger charge is -2.21. The van der Waals surface area contributed by atoms with Crippen molar-refractivity contribution >= 4 is 17.3 Å². The summed E-state index contributed by atoms with van der Waals surface area (Å²) in [5, 5.41) is 22.9. The first-order chi connectivity index (χ1) is 9.35. The maximum Gasteiger partial charge on any atom is 0.305 e. The van der Waals surface area contributed by atoms with Gasteiger partial charge in [-0.25, -0.2) is 0 Å². The van der Waals surface area contributed by atoms with E-state index in [1.165, 1.54) is 19.2 Å². The average molecular weight is 282 g/mol. The van der Waals surface area contributed by atoms with Crippen LogP contribution in [0.15, 0.2) is 18.2 Å². The summed E-state index contributed by atoms with van der Waals surface area (Å²) in [6.07, 6.45) is -0.110. The molecule has 1 aromatic carbocycles. The molecular formula is C13H18N2O5. The fraction of sp³-hybridized carbons (Fsp3) is 0.462. The van der Waals surface area contributed by atoms with Gasteiger partial charge in [-0.2, -0.15) is 0 Å². The molecule has 20 heavy (non-hydrogen) atoms. The van der Waals surface area contributed by atoms with E-state index in [4.69, 9.17) is 9.84 Å². The summed E-state index contributed by atoms with van der Waals surface area (Å²) in [5.41, 5.74) is 0.149. The fourth-order valence-electron chi connectivity index (χ4n) is 1.75. The maximum atomic E-state index is 11.1. The van der Waals surface area contributed by atoms with E-state index in [2.05, 4.69) is 5.32 Å². The van der Waals surface area contributed by atoms with Crippen LogP contribution in [0.2, 0.25) is 0 Å². The second-order valence-electron chi connectivity index (χ2n) is 4.73. The van der Waals surface area contributed by atoms with Crippen molar-refractivity contribution in [3.63, 3.8) is 0 Å². The van der Waals surface area contributed by atoms with Gasteiger partial charge < -0.3 is 15.2 Å². The standard InChI is InChI=1S/C13H18N2O5/c1-8(2)11(7-13(16)17)14-10-5-4-9(20-3)6-12(10)15(18)19/h4-6,8,11,14H,7H2,1-3H3,(H,16,17). The molecule has 0 aliphatic rings. The summed E-state index contributed by atoms with van der Waals surface area (Å²) < 4.78 is 4.95. The number of rotatable bonds is 7. The van der Waals surface area contributed by atoms with Gasteiger partial charge >= 0.3 is 5.97 Å². The van der Waals surface area contributed by atoms with Crippen LogP contribution in [-0.2, 0) is 4.79 Å². The molecule has 0 aliphatic carbocycles. The van der Waals surface area contributed by atoms with Crippen molar-refractivity contribution in [1.29, 1.82) is 0 Å². The summed E-state index contributed by atoms with van der Waals surface area (Å²) in [6, 6.07) is 4.03. The van der Waals surface area contributed by atoms with Gasteiger partial charge in [0.25, 0.3) is 5.69 Å². The van der Waals surface area contributed by atoms with Gasteiger partial charge in [-0.1, -0.05) is 13.8 Å². The second-order valence-corrected chi connectivity index (χ2v) is 4.73. The molecule has 0 spiro atoms. The molecule has 0 amide bonds. The number of carboxylic acids is 1. The zero-order chi connectivity index (χ0) is 15.3. The topological polar surface area (TPSA) is 102 Å². The molecule has 110 valence electrons. The molecule has 0 saturated heterocycles. The molecule has 1 rings (SSSR count). The zero-order valence-electron chi connectivity index (χ0n) is 11.6. The van der Waals surface area contributed by atoms with Gasteiger partial charge in [0, 0.05) is 6.04 Å². The van der Waals surface area contributed by atoms with E-state index in [1.54, 1.807) is 6.07 Å². The number of ether oxygens (including phenoxy) is 1. The summed E-state index contributed by atoms with van der Waals surface area (Å²) in [7, 11) is 1.42. The van der Waals surface area contributed by atoms with Crippen molar-refractivity contribution in [2.75, 3.05) is 12.4 Å². The van der Waals surface area contributed by atoms with E-state index in [-0.39, 0.29) is 29.8 Å². The van der Waals surface area contributed by atoms with Crippen molar-refractivity contribution in [2.45, 2.75) is 26.3 Å². The van der Waals surface area contributed by atoms with E-state index in [0.717, 1.165) is 0 Å². The van der Waals surface area contributed by atoms with E-state index in [9.17, 15) is 14.9 Å². The smallest absolute Gasteiger partial charge is 0.305 e. The number of benzene rings is 1. The number of anilines is 1. The minimum atomic E-state index is -0.952. The van der Waals surface area contributed by atoms with Crippen molar-refractivity contribution < 1.29 is 19.6 Å².